The third-order valence-electron chi connectivity index (χ3n) is 4.91. The highest BCUT2D eigenvalue weighted by Gasteiger charge is 2.21. The van der Waals surface area contributed by atoms with Crippen molar-refractivity contribution in [1.29, 1.82) is 0 Å². The van der Waals surface area contributed by atoms with Gasteiger partial charge < -0.3 is 20.4 Å². The monoisotopic (exact) mass is 314 g/mol. The molecule has 0 atom stereocenters. The van der Waals surface area contributed by atoms with E-state index in [1.807, 2.05) is 0 Å². The number of rotatable bonds is 11. The van der Waals surface area contributed by atoms with E-state index in [9.17, 15) is 4.79 Å². The highest BCUT2D eigenvalue weighted by atomic mass is 16.4. The minimum Gasteiger partial charge on any atom is -0.465 e. The van der Waals surface area contributed by atoms with Crippen LogP contribution >= 0.6 is 0 Å². The van der Waals surface area contributed by atoms with E-state index in [-0.39, 0.29) is 0 Å². The van der Waals surface area contributed by atoms with Gasteiger partial charge in [0.1, 0.15) is 0 Å². The van der Waals surface area contributed by atoms with Gasteiger partial charge in [-0.1, -0.05) is 25.7 Å². The van der Waals surface area contributed by atoms with Gasteiger partial charge in [-0.05, 0) is 57.0 Å². The maximum absolute atomic E-state index is 10.8. The van der Waals surface area contributed by atoms with E-state index in [0.29, 0.717) is 19.1 Å². The molecule has 0 bridgehead atoms. The molecule has 1 aliphatic rings. The molecular weight excluding hydrogens is 280 g/mol. The predicted molar refractivity (Wildman–Crippen MR) is 89.1 cm³/mol. The molecule has 1 rings (SSSR count). The van der Waals surface area contributed by atoms with Crippen molar-refractivity contribution in [3.63, 3.8) is 0 Å². The zero-order valence-corrected chi connectivity index (χ0v) is 14.1. The number of aliphatic hydroxyl groups is 1. The molecule has 0 unspecified atom stereocenters. The van der Waals surface area contributed by atoms with Crippen molar-refractivity contribution in [2.75, 3.05) is 33.3 Å². The van der Waals surface area contributed by atoms with Crippen LogP contribution in [0.3, 0.4) is 0 Å². The second-order valence-corrected chi connectivity index (χ2v) is 6.70. The summed E-state index contributed by atoms with van der Waals surface area (Å²) in [6.45, 7) is 3.15. The first-order valence-corrected chi connectivity index (χ1v) is 8.89. The summed E-state index contributed by atoms with van der Waals surface area (Å²) >= 11 is 0. The number of nitrogens with zero attached hydrogens (tertiary/aromatic N) is 1. The van der Waals surface area contributed by atoms with Crippen LogP contribution in [0.4, 0.5) is 4.79 Å². The fourth-order valence-electron chi connectivity index (χ4n) is 3.25. The summed E-state index contributed by atoms with van der Waals surface area (Å²) in [5, 5.41) is 21.1. The largest absolute Gasteiger partial charge is 0.465 e. The lowest BCUT2D eigenvalue weighted by molar-refractivity contribution is 0.149. The number of hydrogen-bond donors (Lipinski definition) is 3. The zero-order valence-electron chi connectivity index (χ0n) is 14.1. The summed E-state index contributed by atoms with van der Waals surface area (Å²) in [4.78, 5) is 12.2. The molecule has 1 fully saturated rings. The smallest absolute Gasteiger partial charge is 0.407 e. The lowest BCUT2D eigenvalue weighted by Crippen LogP contribution is -2.28. The van der Waals surface area contributed by atoms with Crippen LogP contribution in [-0.4, -0.2) is 54.5 Å². The van der Waals surface area contributed by atoms with Crippen LogP contribution in [0.15, 0.2) is 0 Å². The molecule has 5 nitrogen and oxygen atoms in total. The van der Waals surface area contributed by atoms with Crippen molar-refractivity contribution >= 4 is 6.09 Å². The molecule has 1 saturated carbocycles. The van der Waals surface area contributed by atoms with Gasteiger partial charge in [0.05, 0.1) is 0 Å². The average molecular weight is 314 g/mol. The average Bonchev–Trinajstić information content (AvgIpc) is 2.52. The van der Waals surface area contributed by atoms with Crippen LogP contribution in [0.5, 0.6) is 0 Å². The van der Waals surface area contributed by atoms with Crippen LogP contribution in [0.2, 0.25) is 0 Å². The Morgan fingerprint density at radius 2 is 1.68 bits per heavy atom. The predicted octanol–water partition coefficient (Wildman–Crippen LogP) is 2.94. The van der Waals surface area contributed by atoms with Crippen molar-refractivity contribution < 1.29 is 15.0 Å². The molecule has 0 aromatic carbocycles. The van der Waals surface area contributed by atoms with E-state index in [2.05, 4.69) is 5.32 Å². The summed E-state index contributed by atoms with van der Waals surface area (Å²) in [5.41, 5.74) is 0. The van der Waals surface area contributed by atoms with E-state index in [1.54, 1.807) is 7.05 Å². The highest BCUT2D eigenvalue weighted by molar-refractivity contribution is 5.64. The van der Waals surface area contributed by atoms with Crippen LogP contribution in [0.1, 0.15) is 57.8 Å². The van der Waals surface area contributed by atoms with Gasteiger partial charge in [-0.2, -0.15) is 0 Å². The van der Waals surface area contributed by atoms with Gasteiger partial charge in [-0.3, -0.25) is 0 Å². The van der Waals surface area contributed by atoms with E-state index < -0.39 is 6.09 Å². The second-order valence-electron chi connectivity index (χ2n) is 6.70. The minimum atomic E-state index is -0.821. The fourth-order valence-corrected chi connectivity index (χ4v) is 3.25. The molecule has 3 N–H and O–H groups in total. The van der Waals surface area contributed by atoms with E-state index in [0.717, 1.165) is 44.7 Å². The first-order chi connectivity index (χ1) is 10.6. The molecule has 1 amide bonds. The van der Waals surface area contributed by atoms with Gasteiger partial charge in [0.15, 0.2) is 0 Å². The number of unbranched alkanes of at least 4 members (excludes halogenated alkanes) is 2. The topological polar surface area (TPSA) is 72.8 Å². The highest BCUT2D eigenvalue weighted by Crippen LogP contribution is 2.32. The maximum atomic E-state index is 10.8. The van der Waals surface area contributed by atoms with E-state index in [4.69, 9.17) is 10.2 Å². The summed E-state index contributed by atoms with van der Waals surface area (Å²) < 4.78 is 0. The minimum absolute atomic E-state index is 0.311. The standard InChI is InChI=1S/C17H34N2O3/c1-19(17(21)22)13-10-16-7-5-15(6-8-16)9-12-18-11-3-2-4-14-20/h15-16,18,20H,2-14H2,1H3,(H,21,22). The molecule has 5 heteroatoms. The Hall–Kier alpha value is -0.810. The van der Waals surface area contributed by atoms with Gasteiger partial charge in [-0.25, -0.2) is 4.79 Å². The van der Waals surface area contributed by atoms with Crippen molar-refractivity contribution in [2.24, 2.45) is 11.8 Å². The van der Waals surface area contributed by atoms with Crippen molar-refractivity contribution in [3.05, 3.63) is 0 Å². The molecule has 22 heavy (non-hydrogen) atoms. The number of amides is 1. The second kappa shape index (κ2) is 11.7. The molecule has 0 aliphatic heterocycles. The Morgan fingerprint density at radius 1 is 1.05 bits per heavy atom. The molecule has 0 heterocycles. The van der Waals surface area contributed by atoms with Gasteiger partial charge in [-0.15, -0.1) is 0 Å². The summed E-state index contributed by atoms with van der Waals surface area (Å²) in [5.74, 6) is 1.56. The quantitative estimate of drug-likeness (QED) is 0.513. The van der Waals surface area contributed by atoms with Gasteiger partial charge in [0.2, 0.25) is 0 Å². The Balaban J connectivity index is 1.97. The third-order valence-corrected chi connectivity index (χ3v) is 4.91. The molecule has 0 aromatic heterocycles. The number of carboxylic acid groups (broad SMARTS) is 1. The Labute approximate surface area is 135 Å². The van der Waals surface area contributed by atoms with Crippen molar-refractivity contribution in [3.8, 4) is 0 Å². The van der Waals surface area contributed by atoms with E-state index >= 15 is 0 Å². The Kier molecular flexibility index (Phi) is 10.2. The normalized spacial score (nSPS) is 21.7. The molecule has 130 valence electrons. The zero-order chi connectivity index (χ0) is 16.2. The maximum Gasteiger partial charge on any atom is 0.407 e. The summed E-state index contributed by atoms with van der Waals surface area (Å²) in [6.07, 6.45) is 9.76. The molecular formula is C17H34N2O3. The number of nitrogens with one attached hydrogen (secondary N) is 1. The summed E-state index contributed by atoms with van der Waals surface area (Å²) in [6, 6.07) is 0. The van der Waals surface area contributed by atoms with Gasteiger partial charge in [0, 0.05) is 20.2 Å². The van der Waals surface area contributed by atoms with Crippen molar-refractivity contribution in [2.45, 2.75) is 57.8 Å². The van der Waals surface area contributed by atoms with Crippen molar-refractivity contribution in [1.82, 2.24) is 10.2 Å². The summed E-state index contributed by atoms with van der Waals surface area (Å²) in [7, 11) is 1.65. The Morgan fingerprint density at radius 3 is 2.27 bits per heavy atom. The van der Waals surface area contributed by atoms with Gasteiger partial charge >= 0.3 is 6.09 Å². The van der Waals surface area contributed by atoms with Crippen LogP contribution in [0, 0.1) is 11.8 Å². The Bertz CT molecular complexity index is 292. The van der Waals surface area contributed by atoms with E-state index in [1.165, 1.54) is 37.0 Å². The van der Waals surface area contributed by atoms with Crippen LogP contribution < -0.4 is 5.32 Å². The number of hydrogen-bond acceptors (Lipinski definition) is 3. The molecule has 0 spiro atoms. The lowest BCUT2D eigenvalue weighted by Gasteiger charge is -2.29. The lowest BCUT2D eigenvalue weighted by atomic mass is 9.79. The molecule has 0 radical (unpaired) electrons. The third kappa shape index (κ3) is 8.59. The van der Waals surface area contributed by atoms with Gasteiger partial charge in [0.25, 0.3) is 0 Å². The molecule has 0 saturated heterocycles. The number of aliphatic hydroxyl groups excluding tert-OH is 1. The first-order valence-electron chi connectivity index (χ1n) is 8.89. The number of carbonyl (C=O) groups is 1. The molecule has 1 aliphatic carbocycles. The fraction of sp³-hybridized carbons (Fsp3) is 0.941. The first kappa shape index (κ1) is 19.2. The van der Waals surface area contributed by atoms with Crippen LogP contribution in [0.25, 0.3) is 0 Å². The SMILES string of the molecule is CN(CCC1CCC(CCNCCCCCO)CC1)C(=O)O. The molecule has 0 aromatic rings. The van der Waals surface area contributed by atoms with Crippen LogP contribution in [-0.2, 0) is 0 Å².